The van der Waals surface area contributed by atoms with Crippen LogP contribution in [0.15, 0.2) is 53.3 Å². The first-order chi connectivity index (χ1) is 16.9. The molecule has 1 unspecified atom stereocenters. The molecule has 0 saturated heterocycles. The Morgan fingerprint density at radius 2 is 1.75 bits per heavy atom. The summed E-state index contributed by atoms with van der Waals surface area (Å²) in [6.45, 7) is -1.77. The van der Waals surface area contributed by atoms with E-state index in [1.165, 1.54) is 36.4 Å². The van der Waals surface area contributed by atoms with E-state index in [1.807, 2.05) is 0 Å². The van der Waals surface area contributed by atoms with Crippen LogP contribution in [0.2, 0.25) is 5.02 Å². The van der Waals surface area contributed by atoms with E-state index in [9.17, 15) is 36.2 Å². The van der Waals surface area contributed by atoms with Crippen molar-refractivity contribution in [3.8, 4) is 17.1 Å². The minimum atomic E-state index is -5.02. The summed E-state index contributed by atoms with van der Waals surface area (Å²) in [6, 6.07) is 10.3. The zero-order valence-electron chi connectivity index (χ0n) is 17.9. The molecule has 2 aromatic carbocycles. The van der Waals surface area contributed by atoms with E-state index in [2.05, 4.69) is 15.2 Å². The normalized spacial score (nSPS) is 12.9. The van der Waals surface area contributed by atoms with Crippen LogP contribution in [-0.2, 0) is 13.1 Å². The maximum Gasteiger partial charge on any atom is 0.416 e. The van der Waals surface area contributed by atoms with Crippen LogP contribution in [0.3, 0.4) is 0 Å². The molecule has 0 aliphatic rings. The summed E-state index contributed by atoms with van der Waals surface area (Å²) in [7, 11) is 0. The number of alkyl halides is 5. The monoisotopic (exact) mass is 532 g/mol. The molecule has 0 aliphatic carbocycles. The zero-order chi connectivity index (χ0) is 26.2. The van der Waals surface area contributed by atoms with Gasteiger partial charge in [0, 0.05) is 10.6 Å². The van der Waals surface area contributed by atoms with Gasteiger partial charge < -0.3 is 5.11 Å². The Bertz CT molecular complexity index is 1430. The predicted octanol–water partition coefficient (Wildman–Crippen LogP) is 3.99. The Morgan fingerprint density at radius 3 is 2.36 bits per heavy atom. The van der Waals surface area contributed by atoms with Crippen LogP contribution in [0, 0.1) is 5.82 Å². The highest BCUT2D eigenvalue weighted by Crippen LogP contribution is 2.25. The largest absolute Gasteiger partial charge is 0.416 e. The minimum absolute atomic E-state index is 0.0583. The molecule has 1 N–H and O–H groups in total. The summed E-state index contributed by atoms with van der Waals surface area (Å²) in [5.41, 5.74) is -0.933. The van der Waals surface area contributed by atoms with Crippen LogP contribution < -0.4 is 5.69 Å². The topological polar surface area (TPSA) is 90.8 Å². The molecule has 0 fully saturated rings. The second-order valence-electron chi connectivity index (χ2n) is 7.52. The van der Waals surface area contributed by atoms with Crippen molar-refractivity contribution in [2.45, 2.75) is 31.8 Å². The van der Waals surface area contributed by atoms with Crippen molar-refractivity contribution in [3.63, 3.8) is 0 Å². The molecule has 4 rings (SSSR count). The molecule has 0 aliphatic heterocycles. The number of rotatable bonds is 7. The highest BCUT2D eigenvalue weighted by molar-refractivity contribution is 6.30. The molecule has 15 heteroatoms. The van der Waals surface area contributed by atoms with Crippen LogP contribution in [0.25, 0.3) is 17.1 Å². The van der Waals surface area contributed by atoms with Gasteiger partial charge in [0.05, 0.1) is 12.2 Å². The second kappa shape index (κ2) is 9.78. The van der Waals surface area contributed by atoms with E-state index in [-0.39, 0.29) is 22.9 Å². The number of aromatic nitrogens is 6. The third kappa shape index (κ3) is 5.28. The molecular formula is C21H15ClF6N6O2. The number of aliphatic hydroxyl groups is 1. The number of hydrogen-bond acceptors (Lipinski definition) is 5. The van der Waals surface area contributed by atoms with Gasteiger partial charge in [-0.15, -0.1) is 10.2 Å². The second-order valence-corrected chi connectivity index (χ2v) is 7.95. The lowest BCUT2D eigenvalue weighted by molar-refractivity contribution is -0.207. The molecule has 0 saturated carbocycles. The number of benzene rings is 2. The summed E-state index contributed by atoms with van der Waals surface area (Å²) in [5.74, 6) is -2.12. The van der Waals surface area contributed by atoms with Crippen molar-refractivity contribution < 1.29 is 31.4 Å². The van der Waals surface area contributed by atoms with Gasteiger partial charge in [0.15, 0.2) is 23.6 Å². The highest BCUT2D eigenvalue weighted by Gasteiger charge is 2.39. The van der Waals surface area contributed by atoms with Crippen molar-refractivity contribution >= 4 is 11.6 Å². The molecule has 0 radical (unpaired) electrons. The van der Waals surface area contributed by atoms with Gasteiger partial charge in [-0.05, 0) is 42.5 Å². The molecule has 0 spiro atoms. The van der Waals surface area contributed by atoms with Crippen LogP contribution >= 0.6 is 11.6 Å². The summed E-state index contributed by atoms with van der Waals surface area (Å²) in [5, 5.41) is 17.8. The molecule has 36 heavy (non-hydrogen) atoms. The van der Waals surface area contributed by atoms with Crippen LogP contribution in [0.4, 0.5) is 26.3 Å². The SMILES string of the molecule is O=c1n(Cc2nc(C(F)F)n(-c3cccc(F)c3)n2)nc(-c2ccc(Cl)cc2)n1CC(O)C(F)(F)F. The van der Waals surface area contributed by atoms with Crippen molar-refractivity contribution in [2.75, 3.05) is 0 Å². The van der Waals surface area contributed by atoms with Crippen LogP contribution in [0.1, 0.15) is 18.1 Å². The van der Waals surface area contributed by atoms with Crippen molar-refractivity contribution in [2.24, 2.45) is 0 Å². The third-order valence-electron chi connectivity index (χ3n) is 4.97. The highest BCUT2D eigenvalue weighted by atomic mass is 35.5. The van der Waals surface area contributed by atoms with Gasteiger partial charge in [0.25, 0.3) is 6.43 Å². The van der Waals surface area contributed by atoms with Gasteiger partial charge in [-0.1, -0.05) is 17.7 Å². The average molecular weight is 533 g/mol. The number of hydrogen-bond donors (Lipinski definition) is 1. The lowest BCUT2D eigenvalue weighted by atomic mass is 10.2. The number of halogens is 7. The third-order valence-corrected chi connectivity index (χ3v) is 5.23. The maximum atomic E-state index is 13.6. The summed E-state index contributed by atoms with van der Waals surface area (Å²) in [4.78, 5) is 16.6. The first-order valence-corrected chi connectivity index (χ1v) is 10.5. The maximum absolute atomic E-state index is 13.6. The van der Waals surface area contributed by atoms with Crippen molar-refractivity contribution in [3.05, 3.63) is 81.5 Å². The molecule has 1 atom stereocenters. The van der Waals surface area contributed by atoms with Crippen LogP contribution in [-0.4, -0.2) is 46.5 Å². The van der Waals surface area contributed by atoms with E-state index < -0.39 is 49.1 Å². The quantitative estimate of drug-likeness (QED) is 0.364. The van der Waals surface area contributed by atoms with Gasteiger partial charge in [-0.25, -0.2) is 32.3 Å². The van der Waals surface area contributed by atoms with E-state index in [0.717, 1.165) is 12.1 Å². The van der Waals surface area contributed by atoms with E-state index >= 15 is 0 Å². The summed E-state index contributed by atoms with van der Waals surface area (Å²) < 4.78 is 81.7. The Labute approximate surface area is 203 Å². The van der Waals surface area contributed by atoms with Gasteiger partial charge in [0.2, 0.25) is 0 Å². The van der Waals surface area contributed by atoms with Crippen molar-refractivity contribution in [1.29, 1.82) is 0 Å². The first kappa shape index (κ1) is 25.4. The molecule has 4 aromatic rings. The van der Waals surface area contributed by atoms with Gasteiger partial charge in [-0.2, -0.15) is 13.2 Å². The Kier molecular flexibility index (Phi) is 6.91. The Hall–Kier alpha value is -3.65. The standard InChI is InChI=1S/C21H15ClF6N6O2/c22-12-6-4-11(5-7-12)18-31-33(20(36)32(18)9-15(35)21(26,27)28)10-16-29-19(17(24)25)34(30-16)14-3-1-2-13(23)8-14/h1-8,15,17,35H,9-10H2. The molecule has 0 bridgehead atoms. The summed E-state index contributed by atoms with van der Waals surface area (Å²) in [6.07, 6.45) is -11.0. The smallest absolute Gasteiger partial charge is 0.382 e. The zero-order valence-corrected chi connectivity index (χ0v) is 18.6. The molecule has 190 valence electrons. The van der Waals surface area contributed by atoms with E-state index in [1.54, 1.807) is 0 Å². The molecule has 8 nitrogen and oxygen atoms in total. The number of nitrogens with zero attached hydrogens (tertiary/aromatic N) is 6. The summed E-state index contributed by atoms with van der Waals surface area (Å²) >= 11 is 5.84. The lowest BCUT2D eigenvalue weighted by Crippen LogP contribution is -2.37. The van der Waals surface area contributed by atoms with Crippen molar-refractivity contribution in [1.82, 2.24) is 29.1 Å². The lowest BCUT2D eigenvalue weighted by Gasteiger charge is -2.15. The fraction of sp³-hybridized carbons (Fsp3) is 0.238. The molecule has 2 heterocycles. The molecule has 2 aromatic heterocycles. The van der Waals surface area contributed by atoms with E-state index in [0.29, 0.717) is 19.0 Å². The fourth-order valence-corrected chi connectivity index (χ4v) is 3.43. The van der Waals surface area contributed by atoms with Gasteiger partial charge in [-0.3, -0.25) is 4.57 Å². The van der Waals surface area contributed by atoms with E-state index in [4.69, 9.17) is 11.6 Å². The van der Waals surface area contributed by atoms with Gasteiger partial charge >= 0.3 is 11.9 Å². The number of aliphatic hydroxyl groups excluding tert-OH is 1. The Balaban J connectivity index is 1.77. The Morgan fingerprint density at radius 1 is 1.06 bits per heavy atom. The predicted molar refractivity (Wildman–Crippen MR) is 114 cm³/mol. The molecular weight excluding hydrogens is 518 g/mol. The van der Waals surface area contributed by atoms with Crippen LogP contribution in [0.5, 0.6) is 0 Å². The fourth-order valence-electron chi connectivity index (χ4n) is 3.31. The molecule has 0 amide bonds. The van der Waals surface area contributed by atoms with Gasteiger partial charge in [0.1, 0.15) is 12.4 Å². The minimum Gasteiger partial charge on any atom is -0.382 e. The average Bonchev–Trinajstić information content (AvgIpc) is 3.36. The first-order valence-electron chi connectivity index (χ1n) is 10.1.